The number of hydrogen-bond acceptors (Lipinski definition) is 2. The molecular formula is C14H30N2. The van der Waals surface area contributed by atoms with E-state index < -0.39 is 0 Å². The highest BCUT2D eigenvalue weighted by atomic mass is 15.2. The van der Waals surface area contributed by atoms with Crippen molar-refractivity contribution < 1.29 is 0 Å². The molecule has 16 heavy (non-hydrogen) atoms. The molecule has 0 saturated heterocycles. The lowest BCUT2D eigenvalue weighted by Crippen LogP contribution is -2.46. The van der Waals surface area contributed by atoms with Crippen LogP contribution < -0.4 is 5.73 Å². The van der Waals surface area contributed by atoms with Crippen molar-refractivity contribution >= 4 is 0 Å². The van der Waals surface area contributed by atoms with Crippen LogP contribution in [0.4, 0.5) is 0 Å². The van der Waals surface area contributed by atoms with Crippen LogP contribution in [0.5, 0.6) is 0 Å². The molecule has 0 amide bonds. The van der Waals surface area contributed by atoms with Gasteiger partial charge in [0.1, 0.15) is 0 Å². The molecule has 96 valence electrons. The van der Waals surface area contributed by atoms with Crippen molar-refractivity contribution in [3.8, 4) is 0 Å². The minimum absolute atomic E-state index is 0.354. The Bertz CT molecular complexity index is 176. The summed E-state index contributed by atoms with van der Waals surface area (Å²) in [5.74, 6) is 0.651. The Balaban J connectivity index is 2.40. The first kappa shape index (κ1) is 14.0. The Kier molecular flexibility index (Phi) is 6.37. The summed E-state index contributed by atoms with van der Waals surface area (Å²) in [5.41, 5.74) is 6.27. The minimum atomic E-state index is 0.354. The van der Waals surface area contributed by atoms with Gasteiger partial charge in [-0.1, -0.05) is 46.5 Å². The molecule has 0 heterocycles. The zero-order valence-electron chi connectivity index (χ0n) is 11.4. The summed E-state index contributed by atoms with van der Waals surface area (Å²) >= 11 is 0. The van der Waals surface area contributed by atoms with E-state index in [0.29, 0.717) is 12.0 Å². The molecule has 1 aliphatic carbocycles. The van der Waals surface area contributed by atoms with Crippen molar-refractivity contribution in [1.82, 2.24) is 4.90 Å². The van der Waals surface area contributed by atoms with E-state index in [2.05, 4.69) is 25.7 Å². The van der Waals surface area contributed by atoms with Gasteiger partial charge >= 0.3 is 0 Å². The molecule has 2 N–H and O–H groups in total. The molecule has 2 heteroatoms. The zero-order chi connectivity index (χ0) is 12.0. The van der Waals surface area contributed by atoms with Crippen molar-refractivity contribution in [2.75, 3.05) is 13.1 Å². The Labute approximate surface area is 102 Å². The fraction of sp³-hybridized carbons (Fsp3) is 1.00. The Morgan fingerprint density at radius 3 is 2.31 bits per heavy atom. The standard InChI is InChI=1S/C14H30N2/c1-4-12(3)14(15)11-16(5-2)13-9-7-6-8-10-13/h12-14H,4-11,15H2,1-3H3. The first-order valence-electron chi connectivity index (χ1n) is 7.18. The topological polar surface area (TPSA) is 29.3 Å². The second-order valence-corrected chi connectivity index (χ2v) is 5.43. The normalized spacial score (nSPS) is 22.3. The zero-order valence-corrected chi connectivity index (χ0v) is 11.4. The summed E-state index contributed by atoms with van der Waals surface area (Å²) in [6.45, 7) is 9.05. The molecular weight excluding hydrogens is 196 g/mol. The third-order valence-corrected chi connectivity index (χ3v) is 4.32. The second kappa shape index (κ2) is 7.29. The van der Waals surface area contributed by atoms with Gasteiger partial charge in [0, 0.05) is 18.6 Å². The highest BCUT2D eigenvalue weighted by Gasteiger charge is 2.22. The predicted octanol–water partition coefficient (Wildman–Crippen LogP) is 3.01. The maximum Gasteiger partial charge on any atom is 0.0193 e. The highest BCUT2D eigenvalue weighted by Crippen LogP contribution is 2.23. The van der Waals surface area contributed by atoms with Crippen LogP contribution in [0.25, 0.3) is 0 Å². The molecule has 0 aromatic rings. The summed E-state index contributed by atoms with van der Waals surface area (Å²) < 4.78 is 0. The first-order valence-corrected chi connectivity index (χ1v) is 7.18. The quantitative estimate of drug-likeness (QED) is 0.754. The molecule has 2 unspecified atom stereocenters. The average Bonchev–Trinajstić information content (AvgIpc) is 2.35. The fourth-order valence-electron chi connectivity index (χ4n) is 2.74. The molecule has 1 fully saturated rings. The van der Waals surface area contributed by atoms with Crippen molar-refractivity contribution in [3.63, 3.8) is 0 Å². The highest BCUT2D eigenvalue weighted by molar-refractivity contribution is 4.80. The van der Waals surface area contributed by atoms with E-state index in [-0.39, 0.29) is 0 Å². The molecule has 2 nitrogen and oxygen atoms in total. The van der Waals surface area contributed by atoms with Gasteiger partial charge in [0.05, 0.1) is 0 Å². The van der Waals surface area contributed by atoms with Crippen LogP contribution in [0.1, 0.15) is 59.3 Å². The van der Waals surface area contributed by atoms with Crippen molar-refractivity contribution in [2.45, 2.75) is 71.4 Å². The van der Waals surface area contributed by atoms with Gasteiger partial charge in [-0.05, 0) is 25.3 Å². The van der Waals surface area contributed by atoms with Gasteiger partial charge in [-0.3, -0.25) is 4.90 Å². The van der Waals surface area contributed by atoms with Crippen LogP contribution in [-0.4, -0.2) is 30.1 Å². The van der Waals surface area contributed by atoms with E-state index in [1.807, 2.05) is 0 Å². The number of hydrogen-bond donors (Lipinski definition) is 1. The number of likely N-dealkylation sites (N-methyl/N-ethyl adjacent to an activating group) is 1. The van der Waals surface area contributed by atoms with Crippen molar-refractivity contribution in [2.24, 2.45) is 11.7 Å². The van der Waals surface area contributed by atoms with Gasteiger partial charge < -0.3 is 5.73 Å². The van der Waals surface area contributed by atoms with E-state index in [9.17, 15) is 0 Å². The molecule has 1 saturated carbocycles. The largest absolute Gasteiger partial charge is 0.326 e. The van der Waals surface area contributed by atoms with E-state index in [1.54, 1.807) is 0 Å². The third kappa shape index (κ3) is 4.06. The van der Waals surface area contributed by atoms with E-state index in [0.717, 1.165) is 19.1 Å². The summed E-state index contributed by atoms with van der Waals surface area (Å²) in [7, 11) is 0. The monoisotopic (exact) mass is 226 g/mol. The van der Waals surface area contributed by atoms with Crippen LogP contribution in [0, 0.1) is 5.92 Å². The van der Waals surface area contributed by atoms with Crippen molar-refractivity contribution in [3.05, 3.63) is 0 Å². The molecule has 1 rings (SSSR count). The Hall–Kier alpha value is -0.0800. The van der Waals surface area contributed by atoms with Crippen LogP contribution in [0.3, 0.4) is 0 Å². The average molecular weight is 226 g/mol. The summed E-state index contributed by atoms with van der Waals surface area (Å²) in [6, 6.07) is 1.17. The molecule has 0 aliphatic heterocycles. The van der Waals surface area contributed by atoms with Crippen molar-refractivity contribution in [1.29, 1.82) is 0 Å². The fourth-order valence-corrected chi connectivity index (χ4v) is 2.74. The molecule has 2 atom stereocenters. The summed E-state index contributed by atoms with van der Waals surface area (Å²) in [6.07, 6.45) is 8.25. The maximum atomic E-state index is 6.27. The second-order valence-electron chi connectivity index (χ2n) is 5.43. The molecule has 0 spiro atoms. The molecule has 0 aromatic carbocycles. The van der Waals surface area contributed by atoms with Crippen LogP contribution in [0.2, 0.25) is 0 Å². The lowest BCUT2D eigenvalue weighted by atomic mass is 9.92. The Morgan fingerprint density at radius 2 is 1.81 bits per heavy atom. The molecule has 0 aromatic heterocycles. The van der Waals surface area contributed by atoms with Gasteiger partial charge in [-0.15, -0.1) is 0 Å². The predicted molar refractivity (Wildman–Crippen MR) is 71.6 cm³/mol. The van der Waals surface area contributed by atoms with E-state index in [1.165, 1.54) is 38.5 Å². The van der Waals surface area contributed by atoms with Gasteiger partial charge in [0.2, 0.25) is 0 Å². The minimum Gasteiger partial charge on any atom is -0.326 e. The molecule has 1 aliphatic rings. The number of rotatable bonds is 6. The smallest absolute Gasteiger partial charge is 0.0193 e. The Morgan fingerprint density at radius 1 is 1.19 bits per heavy atom. The van der Waals surface area contributed by atoms with Gasteiger partial charge in [0.25, 0.3) is 0 Å². The molecule has 0 bridgehead atoms. The van der Waals surface area contributed by atoms with Crippen LogP contribution >= 0.6 is 0 Å². The summed E-state index contributed by atoms with van der Waals surface area (Å²) in [5, 5.41) is 0. The molecule has 0 radical (unpaired) electrons. The maximum absolute atomic E-state index is 6.27. The number of nitrogens with zero attached hydrogens (tertiary/aromatic N) is 1. The third-order valence-electron chi connectivity index (χ3n) is 4.32. The SMILES string of the molecule is CCC(C)C(N)CN(CC)C1CCCCC1. The van der Waals surface area contributed by atoms with E-state index >= 15 is 0 Å². The van der Waals surface area contributed by atoms with Gasteiger partial charge in [-0.2, -0.15) is 0 Å². The lowest BCUT2D eigenvalue weighted by Gasteiger charge is -2.36. The van der Waals surface area contributed by atoms with E-state index in [4.69, 9.17) is 5.73 Å². The summed E-state index contributed by atoms with van der Waals surface area (Å²) in [4.78, 5) is 2.62. The first-order chi connectivity index (χ1) is 7.69. The van der Waals surface area contributed by atoms with Crippen LogP contribution in [0.15, 0.2) is 0 Å². The number of nitrogens with two attached hydrogens (primary N) is 1. The lowest BCUT2D eigenvalue weighted by molar-refractivity contribution is 0.144. The van der Waals surface area contributed by atoms with Crippen LogP contribution in [-0.2, 0) is 0 Å². The van der Waals surface area contributed by atoms with Gasteiger partial charge in [-0.25, -0.2) is 0 Å². The van der Waals surface area contributed by atoms with Gasteiger partial charge in [0.15, 0.2) is 0 Å².